The van der Waals surface area contributed by atoms with Gasteiger partial charge >= 0.3 is 0 Å². The summed E-state index contributed by atoms with van der Waals surface area (Å²) in [4.78, 5) is 10.9. The summed E-state index contributed by atoms with van der Waals surface area (Å²) >= 11 is 0. The van der Waals surface area contributed by atoms with Gasteiger partial charge in [0, 0.05) is 12.0 Å². The molecule has 4 rings (SSSR count). The number of rotatable bonds is 3. The molecule has 2 aromatic rings. The van der Waals surface area contributed by atoms with Crippen molar-refractivity contribution in [1.82, 2.24) is 0 Å². The molecule has 0 spiro atoms. The number of allylic oxidation sites excluding steroid dienone is 2. The van der Waals surface area contributed by atoms with Crippen LogP contribution >= 0.6 is 0 Å². The first-order chi connectivity index (χ1) is 12.1. The molecule has 128 valence electrons. The van der Waals surface area contributed by atoms with Gasteiger partial charge in [-0.1, -0.05) is 42.0 Å². The first-order valence-corrected chi connectivity index (χ1v) is 8.44. The number of nitro groups is 1. The summed E-state index contributed by atoms with van der Waals surface area (Å²) in [6, 6.07) is 11.9. The Bertz CT molecular complexity index is 875. The van der Waals surface area contributed by atoms with Gasteiger partial charge in [-0.05, 0) is 30.4 Å². The standard InChI is InChI=1S/C20H20N2O3/c1-12-5-3-6-13(9-12)19-16-8-4-7-15(16)17-10-14(22(23)24)11-18(25-2)20(17)21-19/h3-7,9-11,15-16,19,21H,8H2,1-2H3/t15-,16+,19+/m1/s1. The van der Waals surface area contributed by atoms with Crippen molar-refractivity contribution < 1.29 is 9.66 Å². The van der Waals surface area contributed by atoms with Gasteiger partial charge in [0.15, 0.2) is 0 Å². The van der Waals surface area contributed by atoms with E-state index in [1.165, 1.54) is 17.2 Å². The second-order valence-corrected chi connectivity index (χ2v) is 6.76. The average molecular weight is 336 g/mol. The molecule has 1 aliphatic heterocycles. The number of hydrogen-bond donors (Lipinski definition) is 1. The number of non-ortho nitro benzene ring substituents is 1. The maximum absolute atomic E-state index is 11.3. The maximum Gasteiger partial charge on any atom is 0.273 e. The van der Waals surface area contributed by atoms with E-state index in [2.05, 4.69) is 48.7 Å². The number of ether oxygens (including phenoxy) is 1. The van der Waals surface area contributed by atoms with Crippen LogP contribution in [0.15, 0.2) is 48.6 Å². The van der Waals surface area contributed by atoms with Gasteiger partial charge in [0.05, 0.1) is 29.8 Å². The van der Waals surface area contributed by atoms with Gasteiger partial charge in [-0.3, -0.25) is 10.1 Å². The molecule has 1 aliphatic carbocycles. The molecule has 0 fully saturated rings. The van der Waals surface area contributed by atoms with Crippen molar-refractivity contribution in [3.05, 3.63) is 75.4 Å². The summed E-state index contributed by atoms with van der Waals surface area (Å²) in [5.74, 6) is 1.04. The number of nitro benzene ring substituents is 1. The molecule has 0 radical (unpaired) electrons. The van der Waals surface area contributed by atoms with Gasteiger partial charge < -0.3 is 10.1 Å². The van der Waals surface area contributed by atoms with Crippen LogP contribution in [0.4, 0.5) is 11.4 Å². The van der Waals surface area contributed by atoms with E-state index in [4.69, 9.17) is 4.74 Å². The molecule has 5 nitrogen and oxygen atoms in total. The molecule has 0 aromatic heterocycles. The highest BCUT2D eigenvalue weighted by molar-refractivity contribution is 5.71. The third-order valence-corrected chi connectivity index (χ3v) is 5.25. The van der Waals surface area contributed by atoms with E-state index >= 15 is 0 Å². The van der Waals surface area contributed by atoms with E-state index < -0.39 is 0 Å². The lowest BCUT2D eigenvalue weighted by Crippen LogP contribution is -2.29. The molecule has 1 N–H and O–H groups in total. The molecule has 2 aromatic carbocycles. The summed E-state index contributed by atoms with van der Waals surface area (Å²) in [6.45, 7) is 2.09. The van der Waals surface area contributed by atoms with Gasteiger partial charge in [-0.15, -0.1) is 0 Å². The lowest BCUT2D eigenvalue weighted by molar-refractivity contribution is -0.385. The SMILES string of the molecule is COc1cc([N+](=O)[O-])cc2c1N[C@@H](c1cccc(C)c1)[C@H]1CC=C[C@@H]21. The van der Waals surface area contributed by atoms with Crippen molar-refractivity contribution in [3.63, 3.8) is 0 Å². The Labute approximate surface area is 146 Å². The van der Waals surface area contributed by atoms with E-state index in [0.717, 1.165) is 17.7 Å². The molecule has 1 heterocycles. The highest BCUT2D eigenvalue weighted by Gasteiger charge is 2.40. The minimum Gasteiger partial charge on any atom is -0.494 e. The third kappa shape index (κ3) is 2.56. The van der Waals surface area contributed by atoms with Crippen LogP contribution in [0, 0.1) is 23.0 Å². The van der Waals surface area contributed by atoms with Crippen molar-refractivity contribution in [2.45, 2.75) is 25.3 Å². The van der Waals surface area contributed by atoms with Crippen molar-refractivity contribution in [3.8, 4) is 5.75 Å². The molecule has 0 amide bonds. The Morgan fingerprint density at radius 1 is 1.28 bits per heavy atom. The molecule has 25 heavy (non-hydrogen) atoms. The molecule has 5 heteroatoms. The molecule has 0 bridgehead atoms. The minimum absolute atomic E-state index is 0.0745. The summed E-state index contributed by atoms with van der Waals surface area (Å²) < 4.78 is 5.47. The quantitative estimate of drug-likeness (QED) is 0.499. The van der Waals surface area contributed by atoms with Gasteiger partial charge in [-0.25, -0.2) is 0 Å². The largest absolute Gasteiger partial charge is 0.494 e. The summed E-state index contributed by atoms with van der Waals surface area (Å²) in [5, 5.41) is 14.9. The minimum atomic E-state index is -0.358. The first kappa shape index (κ1) is 15.7. The maximum atomic E-state index is 11.3. The highest BCUT2D eigenvalue weighted by Crippen LogP contribution is 2.53. The number of methoxy groups -OCH3 is 1. The number of hydrogen-bond acceptors (Lipinski definition) is 4. The monoisotopic (exact) mass is 336 g/mol. The Kier molecular flexibility index (Phi) is 3.71. The Morgan fingerprint density at radius 2 is 2.12 bits per heavy atom. The predicted octanol–water partition coefficient (Wildman–Crippen LogP) is 4.74. The van der Waals surface area contributed by atoms with Crippen LogP contribution in [0.25, 0.3) is 0 Å². The van der Waals surface area contributed by atoms with Gasteiger partial charge in [0.25, 0.3) is 5.69 Å². The molecule has 3 atom stereocenters. The Balaban J connectivity index is 1.85. The first-order valence-electron chi connectivity index (χ1n) is 8.44. The van der Waals surface area contributed by atoms with Crippen LogP contribution in [-0.2, 0) is 0 Å². The highest BCUT2D eigenvalue weighted by atomic mass is 16.6. The Morgan fingerprint density at radius 3 is 2.84 bits per heavy atom. The zero-order valence-electron chi connectivity index (χ0n) is 14.2. The van der Waals surface area contributed by atoms with Crippen molar-refractivity contribution >= 4 is 11.4 Å². The van der Waals surface area contributed by atoms with Crippen LogP contribution < -0.4 is 10.1 Å². The fourth-order valence-corrected chi connectivity index (χ4v) is 4.11. The van der Waals surface area contributed by atoms with E-state index in [1.807, 2.05) is 0 Å². The zero-order chi connectivity index (χ0) is 17.6. The number of aryl methyl sites for hydroxylation is 1. The van der Waals surface area contributed by atoms with Gasteiger partial charge in [-0.2, -0.15) is 0 Å². The molecular formula is C20H20N2O3. The van der Waals surface area contributed by atoms with E-state index in [-0.39, 0.29) is 22.6 Å². The second kappa shape index (κ2) is 5.92. The second-order valence-electron chi connectivity index (χ2n) is 6.76. The van der Waals surface area contributed by atoms with Crippen LogP contribution in [0.2, 0.25) is 0 Å². The van der Waals surface area contributed by atoms with Gasteiger partial charge in [0.2, 0.25) is 0 Å². The summed E-state index contributed by atoms with van der Waals surface area (Å²) in [5.41, 5.74) is 4.36. The molecule has 2 aliphatic rings. The number of nitrogens with one attached hydrogen (secondary N) is 1. The number of anilines is 1. The summed E-state index contributed by atoms with van der Waals surface area (Å²) in [6.07, 6.45) is 5.32. The lowest BCUT2D eigenvalue weighted by atomic mass is 9.76. The average Bonchev–Trinajstić information content (AvgIpc) is 3.10. The topological polar surface area (TPSA) is 64.4 Å². The predicted molar refractivity (Wildman–Crippen MR) is 97.2 cm³/mol. The van der Waals surface area contributed by atoms with E-state index in [9.17, 15) is 10.1 Å². The molecule has 0 saturated heterocycles. The van der Waals surface area contributed by atoms with Crippen LogP contribution in [0.5, 0.6) is 5.75 Å². The summed E-state index contributed by atoms with van der Waals surface area (Å²) in [7, 11) is 1.55. The molecular weight excluding hydrogens is 316 g/mol. The lowest BCUT2D eigenvalue weighted by Gasteiger charge is -2.38. The smallest absolute Gasteiger partial charge is 0.273 e. The zero-order valence-corrected chi connectivity index (χ0v) is 14.2. The van der Waals surface area contributed by atoms with Crippen molar-refractivity contribution in [2.75, 3.05) is 12.4 Å². The molecule has 0 unspecified atom stereocenters. The fourth-order valence-electron chi connectivity index (χ4n) is 4.11. The number of nitrogens with zero attached hydrogens (tertiary/aromatic N) is 1. The van der Waals surface area contributed by atoms with Gasteiger partial charge in [0.1, 0.15) is 5.75 Å². The molecule has 0 saturated carbocycles. The van der Waals surface area contributed by atoms with Crippen molar-refractivity contribution in [1.29, 1.82) is 0 Å². The van der Waals surface area contributed by atoms with Crippen LogP contribution in [-0.4, -0.2) is 12.0 Å². The fraction of sp³-hybridized carbons (Fsp3) is 0.300. The van der Waals surface area contributed by atoms with Crippen LogP contribution in [0.1, 0.15) is 35.1 Å². The number of fused-ring (bicyclic) bond motifs is 3. The van der Waals surface area contributed by atoms with E-state index in [0.29, 0.717) is 11.7 Å². The Hall–Kier alpha value is -2.82. The third-order valence-electron chi connectivity index (χ3n) is 5.25. The van der Waals surface area contributed by atoms with Crippen molar-refractivity contribution in [2.24, 2.45) is 5.92 Å². The number of benzene rings is 2. The normalized spacial score (nSPS) is 23.5. The van der Waals surface area contributed by atoms with E-state index in [1.54, 1.807) is 13.2 Å². The van der Waals surface area contributed by atoms with Crippen LogP contribution in [0.3, 0.4) is 0 Å².